The predicted octanol–water partition coefficient (Wildman–Crippen LogP) is 3.39. The van der Waals surface area contributed by atoms with Gasteiger partial charge in [0.15, 0.2) is 6.39 Å². The first-order chi connectivity index (χ1) is 10.1. The number of oxazole rings is 1. The maximum Gasteiger partial charge on any atom is 0.270 e. The Kier molecular flexibility index (Phi) is 3.43. The van der Waals surface area contributed by atoms with E-state index in [-0.39, 0.29) is 5.91 Å². The lowest BCUT2D eigenvalue weighted by Crippen LogP contribution is -2.26. The fraction of sp³-hybridized carbons (Fsp3) is 0.200. The van der Waals surface area contributed by atoms with Crippen LogP contribution in [0.4, 0.5) is 0 Å². The van der Waals surface area contributed by atoms with E-state index in [1.54, 1.807) is 24.1 Å². The lowest BCUT2D eigenvalue weighted by molar-refractivity contribution is 0.0770. The Morgan fingerprint density at radius 3 is 2.95 bits per heavy atom. The molecule has 0 atom stereocenters. The van der Waals surface area contributed by atoms with Gasteiger partial charge in [0.2, 0.25) is 0 Å². The van der Waals surface area contributed by atoms with E-state index in [0.717, 1.165) is 16.6 Å². The van der Waals surface area contributed by atoms with Gasteiger partial charge in [0.1, 0.15) is 11.5 Å². The number of carbonyl (C=O) groups excluding carboxylic acids is 1. The van der Waals surface area contributed by atoms with Crippen LogP contribution in [0.2, 0.25) is 5.02 Å². The number of fused-ring (bicyclic) bond motifs is 1. The zero-order valence-electron chi connectivity index (χ0n) is 11.7. The van der Waals surface area contributed by atoms with E-state index in [9.17, 15) is 4.79 Å². The Morgan fingerprint density at radius 2 is 2.29 bits per heavy atom. The summed E-state index contributed by atoms with van der Waals surface area (Å²) in [5.41, 5.74) is 2.05. The molecule has 0 aliphatic heterocycles. The SMILES string of the molecule is Cc1ncoc1CN(C)C(=O)c1cc2cccc(Cl)c2[nH]1. The summed E-state index contributed by atoms with van der Waals surface area (Å²) in [7, 11) is 1.72. The molecule has 3 aromatic rings. The van der Waals surface area contributed by atoms with Crippen molar-refractivity contribution in [2.45, 2.75) is 13.5 Å². The maximum absolute atomic E-state index is 12.5. The smallest absolute Gasteiger partial charge is 0.270 e. The van der Waals surface area contributed by atoms with Crippen molar-refractivity contribution in [2.24, 2.45) is 0 Å². The summed E-state index contributed by atoms with van der Waals surface area (Å²) in [4.78, 5) is 21.1. The van der Waals surface area contributed by atoms with Gasteiger partial charge >= 0.3 is 0 Å². The zero-order valence-corrected chi connectivity index (χ0v) is 12.4. The number of aromatic nitrogens is 2. The molecule has 2 aromatic heterocycles. The third-order valence-electron chi connectivity index (χ3n) is 3.41. The van der Waals surface area contributed by atoms with E-state index < -0.39 is 0 Å². The molecule has 0 unspecified atom stereocenters. The van der Waals surface area contributed by atoms with Crippen LogP contribution in [0, 0.1) is 6.92 Å². The lowest BCUT2D eigenvalue weighted by atomic mass is 10.2. The number of halogens is 1. The average molecular weight is 304 g/mol. The van der Waals surface area contributed by atoms with Gasteiger partial charge in [-0.25, -0.2) is 4.98 Å². The molecule has 6 heteroatoms. The molecule has 0 fully saturated rings. The molecule has 1 amide bonds. The van der Waals surface area contributed by atoms with Gasteiger partial charge in [0, 0.05) is 12.4 Å². The Hall–Kier alpha value is -2.27. The lowest BCUT2D eigenvalue weighted by Gasteiger charge is -2.14. The Balaban J connectivity index is 1.86. The van der Waals surface area contributed by atoms with Crippen molar-refractivity contribution in [3.63, 3.8) is 0 Å². The average Bonchev–Trinajstić information content (AvgIpc) is 3.06. The maximum atomic E-state index is 12.5. The van der Waals surface area contributed by atoms with Crippen molar-refractivity contribution in [3.05, 3.63) is 52.8 Å². The third-order valence-corrected chi connectivity index (χ3v) is 3.72. The van der Waals surface area contributed by atoms with Crippen LogP contribution < -0.4 is 0 Å². The zero-order chi connectivity index (χ0) is 15.0. The van der Waals surface area contributed by atoms with Gasteiger partial charge in [-0.05, 0) is 19.1 Å². The van der Waals surface area contributed by atoms with Crippen molar-refractivity contribution in [1.82, 2.24) is 14.9 Å². The molecule has 21 heavy (non-hydrogen) atoms. The van der Waals surface area contributed by atoms with Crippen LogP contribution in [0.25, 0.3) is 10.9 Å². The monoisotopic (exact) mass is 303 g/mol. The number of rotatable bonds is 3. The second-order valence-electron chi connectivity index (χ2n) is 4.91. The quantitative estimate of drug-likeness (QED) is 0.806. The van der Waals surface area contributed by atoms with Crippen LogP contribution >= 0.6 is 11.6 Å². The van der Waals surface area contributed by atoms with E-state index in [0.29, 0.717) is 23.0 Å². The molecule has 0 radical (unpaired) electrons. The topological polar surface area (TPSA) is 62.1 Å². The van der Waals surface area contributed by atoms with Gasteiger partial charge in [0.05, 0.1) is 22.8 Å². The molecule has 0 aliphatic rings. The highest BCUT2D eigenvalue weighted by atomic mass is 35.5. The molecule has 3 rings (SSSR count). The van der Waals surface area contributed by atoms with Crippen LogP contribution in [0.15, 0.2) is 35.1 Å². The highest BCUT2D eigenvalue weighted by molar-refractivity contribution is 6.35. The molecule has 0 spiro atoms. The number of amides is 1. The van der Waals surface area contributed by atoms with Crippen molar-refractivity contribution < 1.29 is 9.21 Å². The van der Waals surface area contributed by atoms with Crippen molar-refractivity contribution >= 4 is 28.4 Å². The first kappa shape index (κ1) is 13.7. The minimum Gasteiger partial charge on any atom is -0.446 e. The Morgan fingerprint density at radius 1 is 1.48 bits per heavy atom. The number of hydrogen-bond donors (Lipinski definition) is 1. The van der Waals surface area contributed by atoms with E-state index >= 15 is 0 Å². The number of H-pyrrole nitrogens is 1. The molecule has 108 valence electrons. The van der Waals surface area contributed by atoms with Gasteiger partial charge in [-0.15, -0.1) is 0 Å². The molecular weight excluding hydrogens is 290 g/mol. The van der Waals surface area contributed by atoms with Gasteiger partial charge < -0.3 is 14.3 Å². The summed E-state index contributed by atoms with van der Waals surface area (Å²) < 4.78 is 5.26. The summed E-state index contributed by atoms with van der Waals surface area (Å²) in [6.07, 6.45) is 1.38. The molecule has 1 aromatic carbocycles. The van der Waals surface area contributed by atoms with Crippen molar-refractivity contribution in [3.8, 4) is 0 Å². The van der Waals surface area contributed by atoms with Crippen molar-refractivity contribution in [1.29, 1.82) is 0 Å². The Labute approximate surface area is 126 Å². The Bertz CT molecular complexity index is 806. The molecule has 1 N–H and O–H groups in total. The number of benzene rings is 1. The third kappa shape index (κ3) is 2.52. The number of carbonyl (C=O) groups is 1. The van der Waals surface area contributed by atoms with Crippen molar-refractivity contribution in [2.75, 3.05) is 7.05 Å². The van der Waals surface area contributed by atoms with E-state index in [2.05, 4.69) is 9.97 Å². The van der Waals surface area contributed by atoms with Crippen LogP contribution in [0.1, 0.15) is 21.9 Å². The normalized spacial score (nSPS) is 11.0. The highest BCUT2D eigenvalue weighted by Crippen LogP contribution is 2.24. The molecular formula is C15H14ClN3O2. The number of nitrogens with one attached hydrogen (secondary N) is 1. The largest absolute Gasteiger partial charge is 0.446 e. The summed E-state index contributed by atoms with van der Waals surface area (Å²) >= 11 is 6.11. The van der Waals surface area contributed by atoms with E-state index in [4.69, 9.17) is 16.0 Å². The summed E-state index contributed by atoms with van der Waals surface area (Å²) in [6, 6.07) is 7.35. The van der Waals surface area contributed by atoms with Crippen LogP contribution in [-0.4, -0.2) is 27.8 Å². The van der Waals surface area contributed by atoms with E-state index in [1.165, 1.54) is 6.39 Å². The fourth-order valence-corrected chi connectivity index (χ4v) is 2.43. The minimum absolute atomic E-state index is 0.127. The summed E-state index contributed by atoms with van der Waals surface area (Å²) in [5, 5.41) is 1.51. The minimum atomic E-state index is -0.127. The van der Waals surface area contributed by atoms with Crippen LogP contribution in [0.3, 0.4) is 0 Å². The summed E-state index contributed by atoms with van der Waals surface area (Å²) in [5.74, 6) is 0.554. The molecule has 0 saturated heterocycles. The highest BCUT2D eigenvalue weighted by Gasteiger charge is 2.17. The predicted molar refractivity (Wildman–Crippen MR) is 80.3 cm³/mol. The molecule has 2 heterocycles. The van der Waals surface area contributed by atoms with Gasteiger partial charge in [-0.3, -0.25) is 4.79 Å². The van der Waals surface area contributed by atoms with Crippen LogP contribution in [0.5, 0.6) is 0 Å². The fourth-order valence-electron chi connectivity index (χ4n) is 2.21. The second kappa shape index (κ2) is 5.26. The van der Waals surface area contributed by atoms with Gasteiger partial charge in [-0.2, -0.15) is 0 Å². The first-order valence-electron chi connectivity index (χ1n) is 6.48. The molecule has 0 bridgehead atoms. The standard InChI is InChI=1S/C15H14ClN3O2/c1-9-13(21-8-17-9)7-19(2)15(20)12-6-10-4-3-5-11(16)14(10)18-12/h3-6,8,18H,7H2,1-2H3. The summed E-state index contributed by atoms with van der Waals surface area (Å²) in [6.45, 7) is 2.22. The number of hydrogen-bond acceptors (Lipinski definition) is 3. The van der Waals surface area contributed by atoms with Crippen LogP contribution in [-0.2, 0) is 6.54 Å². The van der Waals surface area contributed by atoms with Gasteiger partial charge in [0.25, 0.3) is 5.91 Å². The number of aryl methyl sites for hydroxylation is 1. The first-order valence-corrected chi connectivity index (χ1v) is 6.85. The molecule has 0 aliphatic carbocycles. The van der Waals surface area contributed by atoms with Gasteiger partial charge in [-0.1, -0.05) is 23.7 Å². The number of nitrogens with zero attached hydrogens (tertiary/aromatic N) is 2. The molecule has 5 nitrogen and oxygen atoms in total. The number of aromatic amines is 1. The molecule has 0 saturated carbocycles. The van der Waals surface area contributed by atoms with E-state index in [1.807, 2.05) is 19.1 Å². The second-order valence-corrected chi connectivity index (χ2v) is 5.32. The number of para-hydroxylation sites is 1.